The molecular formula is C25H17ClF2N6O2S. The minimum absolute atomic E-state index is 0.0166. The fraction of sp³-hybridized carbons (Fsp3) is 0.160. The fourth-order valence-corrected chi connectivity index (χ4v) is 5.07. The van der Waals surface area contributed by atoms with Crippen LogP contribution < -0.4 is 4.90 Å². The highest BCUT2D eigenvalue weighted by molar-refractivity contribution is 7.10. The number of aromatic nitrogens is 3. The first-order chi connectivity index (χ1) is 17.9. The number of phenolic OH excluding ortho intramolecular Hbond substituents is 1. The number of benzene rings is 2. The minimum Gasteiger partial charge on any atom is -0.507 e. The average molecular weight is 539 g/mol. The maximum absolute atomic E-state index is 15.6. The van der Waals surface area contributed by atoms with E-state index >= 15 is 4.39 Å². The van der Waals surface area contributed by atoms with E-state index in [1.807, 2.05) is 11.0 Å². The molecule has 0 radical (unpaired) electrons. The van der Waals surface area contributed by atoms with E-state index in [2.05, 4.69) is 15.0 Å². The van der Waals surface area contributed by atoms with E-state index in [9.17, 15) is 19.6 Å². The van der Waals surface area contributed by atoms with Gasteiger partial charge in [-0.2, -0.15) is 5.26 Å². The molecule has 1 amide bonds. The number of halogens is 3. The van der Waals surface area contributed by atoms with Crippen LogP contribution >= 0.6 is 22.9 Å². The molecule has 0 bridgehead atoms. The quantitative estimate of drug-likeness (QED) is 0.298. The number of hydrogen-bond acceptors (Lipinski definition) is 8. The maximum Gasteiger partial charge on any atom is 0.264 e. The molecule has 4 aromatic rings. The summed E-state index contributed by atoms with van der Waals surface area (Å²) in [5.41, 5.74) is 0.918. The van der Waals surface area contributed by atoms with Crippen molar-refractivity contribution in [2.45, 2.75) is 0 Å². The molecule has 0 spiro atoms. The second kappa shape index (κ2) is 10.1. The number of carbonyl (C=O) groups excluding carboxylic acids is 1. The van der Waals surface area contributed by atoms with Crippen LogP contribution in [0.1, 0.15) is 4.88 Å². The third-order valence-corrected chi connectivity index (χ3v) is 7.02. The van der Waals surface area contributed by atoms with E-state index in [1.165, 1.54) is 41.9 Å². The highest BCUT2D eigenvalue weighted by Crippen LogP contribution is 2.42. The molecule has 2 aromatic heterocycles. The zero-order chi connectivity index (χ0) is 26.1. The average Bonchev–Trinajstić information content (AvgIpc) is 3.42. The predicted octanol–water partition coefficient (Wildman–Crippen LogP) is 4.65. The predicted molar refractivity (Wildman–Crippen MR) is 136 cm³/mol. The Bertz CT molecular complexity index is 1560. The smallest absolute Gasteiger partial charge is 0.264 e. The summed E-state index contributed by atoms with van der Waals surface area (Å²) in [6, 6.07) is 7.05. The summed E-state index contributed by atoms with van der Waals surface area (Å²) in [6.07, 6.45) is 4.29. The van der Waals surface area contributed by atoms with Gasteiger partial charge in [0.05, 0.1) is 16.1 Å². The molecule has 2 aromatic carbocycles. The van der Waals surface area contributed by atoms with E-state index in [1.54, 1.807) is 16.6 Å². The van der Waals surface area contributed by atoms with Crippen molar-refractivity contribution in [1.82, 2.24) is 19.9 Å². The lowest BCUT2D eigenvalue weighted by Crippen LogP contribution is -2.49. The minimum atomic E-state index is -0.882. The summed E-state index contributed by atoms with van der Waals surface area (Å²) >= 11 is 7.71. The third-order valence-electron chi connectivity index (χ3n) is 6.00. The van der Waals surface area contributed by atoms with Gasteiger partial charge in [-0.05, 0) is 24.3 Å². The number of anilines is 1. The number of hydrogen-bond donors (Lipinski definition) is 1. The molecule has 12 heteroatoms. The molecule has 0 unspecified atom stereocenters. The molecule has 186 valence electrons. The van der Waals surface area contributed by atoms with Gasteiger partial charge in [0.2, 0.25) is 0 Å². The van der Waals surface area contributed by atoms with Crippen molar-refractivity contribution < 1.29 is 18.7 Å². The number of nitriles is 1. The first-order valence-corrected chi connectivity index (χ1v) is 12.3. The number of amides is 1. The molecule has 1 aliphatic heterocycles. The fourth-order valence-electron chi connectivity index (χ4n) is 4.23. The molecule has 1 aliphatic rings. The van der Waals surface area contributed by atoms with Crippen molar-refractivity contribution in [3.63, 3.8) is 0 Å². The Labute approximate surface area is 218 Å². The Morgan fingerprint density at radius 2 is 1.97 bits per heavy atom. The molecule has 5 rings (SSSR count). The highest BCUT2D eigenvalue weighted by Gasteiger charge is 2.27. The molecule has 0 aliphatic carbocycles. The van der Waals surface area contributed by atoms with Crippen LogP contribution in [0, 0.1) is 23.0 Å². The summed E-state index contributed by atoms with van der Waals surface area (Å²) in [6.45, 7) is 1.35. The summed E-state index contributed by atoms with van der Waals surface area (Å²) in [4.78, 5) is 29.3. The Morgan fingerprint density at radius 3 is 2.65 bits per heavy atom. The van der Waals surface area contributed by atoms with Crippen molar-refractivity contribution in [2.24, 2.45) is 0 Å². The second-order valence-corrected chi connectivity index (χ2v) is 9.45. The van der Waals surface area contributed by atoms with Crippen LogP contribution in [0.4, 0.5) is 14.6 Å². The van der Waals surface area contributed by atoms with E-state index in [0.29, 0.717) is 42.3 Å². The lowest BCUT2D eigenvalue weighted by Gasteiger charge is -2.35. The van der Waals surface area contributed by atoms with E-state index in [-0.39, 0.29) is 33.1 Å². The zero-order valence-electron chi connectivity index (χ0n) is 19.0. The van der Waals surface area contributed by atoms with Gasteiger partial charge in [0, 0.05) is 48.2 Å². The van der Waals surface area contributed by atoms with Gasteiger partial charge in [0.15, 0.2) is 5.82 Å². The number of phenols is 1. The Kier molecular flexibility index (Phi) is 6.69. The molecule has 1 N–H and O–H groups in total. The van der Waals surface area contributed by atoms with Gasteiger partial charge in [-0.1, -0.05) is 17.7 Å². The first-order valence-electron chi connectivity index (χ1n) is 11.0. The van der Waals surface area contributed by atoms with Crippen LogP contribution in [0.5, 0.6) is 5.75 Å². The standard InChI is InChI=1S/C25H17ClF2N6O2S/c26-17-9-16-23(22(28)20(17)21-18(27)2-1-3-19(21)35)31-12-32-24(16)33-4-6-34(7-5-33)25(36)14(10-29)8-15-11-30-13-37-15/h1-3,8-9,11-13,35H,4-7H2. The third kappa shape index (κ3) is 4.57. The van der Waals surface area contributed by atoms with E-state index in [0.717, 1.165) is 6.07 Å². The monoisotopic (exact) mass is 538 g/mol. The number of piperazine rings is 1. The number of thiazole rings is 1. The number of nitrogens with zero attached hydrogens (tertiary/aromatic N) is 6. The molecule has 1 saturated heterocycles. The normalized spacial score (nSPS) is 14.2. The van der Waals surface area contributed by atoms with Gasteiger partial charge in [0.25, 0.3) is 5.91 Å². The molecule has 8 nitrogen and oxygen atoms in total. The van der Waals surface area contributed by atoms with Crippen molar-refractivity contribution in [3.05, 3.63) is 69.4 Å². The lowest BCUT2D eigenvalue weighted by atomic mass is 10.0. The number of carbonyl (C=O) groups is 1. The second-order valence-electron chi connectivity index (χ2n) is 8.13. The SMILES string of the molecule is N#CC(=Cc1cncs1)C(=O)N1CCN(c2ncnc3c(F)c(-c4c(O)cccc4F)c(Cl)cc23)CC1. The Balaban J connectivity index is 1.43. The van der Waals surface area contributed by atoms with Crippen molar-refractivity contribution >= 4 is 51.6 Å². The Morgan fingerprint density at radius 1 is 1.19 bits per heavy atom. The van der Waals surface area contributed by atoms with E-state index < -0.39 is 17.4 Å². The van der Waals surface area contributed by atoms with Gasteiger partial charge < -0.3 is 14.9 Å². The van der Waals surface area contributed by atoms with Gasteiger partial charge in [0.1, 0.15) is 40.9 Å². The summed E-state index contributed by atoms with van der Waals surface area (Å²) in [5.74, 6) is -2.13. The van der Waals surface area contributed by atoms with Crippen LogP contribution in [-0.4, -0.2) is 57.0 Å². The number of aromatic hydroxyl groups is 1. The Hall–Kier alpha value is -4.14. The van der Waals surface area contributed by atoms with Gasteiger partial charge in [-0.3, -0.25) is 9.78 Å². The van der Waals surface area contributed by atoms with Crippen molar-refractivity contribution in [2.75, 3.05) is 31.1 Å². The van der Waals surface area contributed by atoms with Crippen LogP contribution in [0.15, 0.2) is 47.9 Å². The van der Waals surface area contributed by atoms with Crippen molar-refractivity contribution in [1.29, 1.82) is 5.26 Å². The lowest BCUT2D eigenvalue weighted by molar-refractivity contribution is -0.126. The van der Waals surface area contributed by atoms with E-state index in [4.69, 9.17) is 11.6 Å². The van der Waals surface area contributed by atoms with Crippen LogP contribution in [-0.2, 0) is 4.79 Å². The number of rotatable bonds is 4. The molecule has 0 atom stereocenters. The molecule has 37 heavy (non-hydrogen) atoms. The highest BCUT2D eigenvalue weighted by atomic mass is 35.5. The maximum atomic E-state index is 15.6. The van der Waals surface area contributed by atoms with Crippen LogP contribution in [0.3, 0.4) is 0 Å². The van der Waals surface area contributed by atoms with Crippen LogP contribution in [0.2, 0.25) is 5.02 Å². The summed E-state index contributed by atoms with van der Waals surface area (Å²) in [7, 11) is 0. The van der Waals surface area contributed by atoms with Gasteiger partial charge in [-0.15, -0.1) is 11.3 Å². The zero-order valence-corrected chi connectivity index (χ0v) is 20.6. The largest absolute Gasteiger partial charge is 0.507 e. The number of fused-ring (bicyclic) bond motifs is 1. The first kappa shape index (κ1) is 24.5. The topological polar surface area (TPSA) is 106 Å². The summed E-state index contributed by atoms with van der Waals surface area (Å²) < 4.78 is 30.1. The van der Waals surface area contributed by atoms with Crippen LogP contribution in [0.25, 0.3) is 28.1 Å². The van der Waals surface area contributed by atoms with Gasteiger partial charge in [-0.25, -0.2) is 18.7 Å². The molecule has 1 fully saturated rings. The van der Waals surface area contributed by atoms with Gasteiger partial charge >= 0.3 is 0 Å². The summed E-state index contributed by atoms with van der Waals surface area (Å²) in [5, 5.41) is 19.8. The molecular weight excluding hydrogens is 522 g/mol. The molecule has 3 heterocycles. The van der Waals surface area contributed by atoms with Crippen molar-refractivity contribution in [3.8, 4) is 22.9 Å². The molecule has 0 saturated carbocycles.